The zero-order chi connectivity index (χ0) is 14.5. The predicted molar refractivity (Wildman–Crippen MR) is 84.2 cm³/mol. The van der Waals surface area contributed by atoms with Crippen LogP contribution >= 0.6 is 11.3 Å². The number of amides is 1. The number of thiophene rings is 1. The number of piperidine rings is 1. The molecule has 2 aromatic heterocycles. The summed E-state index contributed by atoms with van der Waals surface area (Å²) in [5.41, 5.74) is 0. The number of hydrogen-bond donors (Lipinski definition) is 0. The van der Waals surface area contributed by atoms with Gasteiger partial charge in [-0.3, -0.25) is 9.48 Å². The van der Waals surface area contributed by atoms with Gasteiger partial charge in [0.25, 0.3) is 0 Å². The van der Waals surface area contributed by atoms with Crippen molar-refractivity contribution in [3.05, 3.63) is 40.8 Å². The van der Waals surface area contributed by atoms with Crippen molar-refractivity contribution in [1.29, 1.82) is 0 Å². The van der Waals surface area contributed by atoms with Crippen molar-refractivity contribution in [3.63, 3.8) is 0 Å². The molecule has 5 heteroatoms. The number of hydrogen-bond acceptors (Lipinski definition) is 3. The number of likely N-dealkylation sites (tertiary alicyclic amines) is 1. The third-order valence-corrected chi connectivity index (χ3v) is 5.01. The summed E-state index contributed by atoms with van der Waals surface area (Å²) in [4.78, 5) is 15.9. The summed E-state index contributed by atoms with van der Waals surface area (Å²) in [7, 11) is 0. The number of rotatable bonds is 5. The molecule has 0 radical (unpaired) electrons. The normalized spacial score (nSPS) is 18.9. The Balaban J connectivity index is 1.58. The molecule has 4 nitrogen and oxygen atoms in total. The Morgan fingerprint density at radius 2 is 2.33 bits per heavy atom. The van der Waals surface area contributed by atoms with Gasteiger partial charge in [-0.1, -0.05) is 6.07 Å². The Morgan fingerprint density at radius 3 is 3.10 bits per heavy atom. The largest absolute Gasteiger partial charge is 0.338 e. The minimum Gasteiger partial charge on any atom is -0.338 e. The SMILES string of the molecule is O=C(CCc1cccs1)N1CCCC[C@H]1Cn1cccn1. The van der Waals surface area contributed by atoms with E-state index in [1.807, 2.05) is 23.0 Å². The number of carbonyl (C=O) groups is 1. The zero-order valence-electron chi connectivity index (χ0n) is 12.1. The van der Waals surface area contributed by atoms with Gasteiger partial charge in [-0.2, -0.15) is 5.10 Å². The van der Waals surface area contributed by atoms with E-state index in [-0.39, 0.29) is 0 Å². The third kappa shape index (κ3) is 3.73. The minimum atomic E-state index is 0.292. The summed E-state index contributed by atoms with van der Waals surface area (Å²) in [6.45, 7) is 1.72. The fraction of sp³-hybridized carbons (Fsp3) is 0.500. The van der Waals surface area contributed by atoms with Gasteiger partial charge >= 0.3 is 0 Å². The second-order valence-corrected chi connectivity index (χ2v) is 6.58. The lowest BCUT2D eigenvalue weighted by Gasteiger charge is -2.35. The molecule has 0 aliphatic carbocycles. The highest BCUT2D eigenvalue weighted by molar-refractivity contribution is 7.09. The maximum absolute atomic E-state index is 12.5. The lowest BCUT2D eigenvalue weighted by atomic mass is 10.0. The Bertz CT molecular complexity index is 550. The number of nitrogens with zero attached hydrogens (tertiary/aromatic N) is 3. The van der Waals surface area contributed by atoms with Crippen LogP contribution in [0.5, 0.6) is 0 Å². The Labute approximate surface area is 129 Å². The molecule has 0 aromatic carbocycles. The maximum atomic E-state index is 12.5. The van der Waals surface area contributed by atoms with Crippen LogP contribution in [0.1, 0.15) is 30.6 Å². The monoisotopic (exact) mass is 303 g/mol. The Kier molecular flexibility index (Phi) is 4.70. The average Bonchev–Trinajstić information content (AvgIpc) is 3.18. The Morgan fingerprint density at radius 1 is 1.38 bits per heavy atom. The number of aryl methyl sites for hydroxylation is 1. The molecular formula is C16H21N3OS. The van der Waals surface area contributed by atoms with Crippen molar-refractivity contribution < 1.29 is 4.79 Å². The molecule has 0 spiro atoms. The second kappa shape index (κ2) is 6.89. The van der Waals surface area contributed by atoms with Crippen molar-refractivity contribution in [1.82, 2.24) is 14.7 Å². The van der Waals surface area contributed by atoms with Gasteiger partial charge in [0.15, 0.2) is 0 Å². The standard InChI is InChI=1S/C16H21N3OS/c20-16(8-7-15-6-3-12-21-15)19-11-2-1-5-14(19)13-18-10-4-9-17-18/h3-4,6,9-10,12,14H,1-2,5,7-8,11,13H2/t14-/m0/s1. The van der Waals surface area contributed by atoms with Gasteiger partial charge in [0.1, 0.15) is 0 Å². The number of aromatic nitrogens is 2. The van der Waals surface area contributed by atoms with E-state index in [0.29, 0.717) is 18.4 Å². The summed E-state index contributed by atoms with van der Waals surface area (Å²) in [6.07, 6.45) is 8.68. The molecule has 1 fully saturated rings. The van der Waals surface area contributed by atoms with Crippen LogP contribution < -0.4 is 0 Å². The number of carbonyl (C=O) groups excluding carboxylic acids is 1. The molecule has 0 N–H and O–H groups in total. The highest BCUT2D eigenvalue weighted by atomic mass is 32.1. The molecule has 1 atom stereocenters. The van der Waals surface area contributed by atoms with E-state index in [4.69, 9.17) is 0 Å². The van der Waals surface area contributed by atoms with Crippen LogP contribution in [-0.4, -0.2) is 33.2 Å². The average molecular weight is 303 g/mol. The smallest absolute Gasteiger partial charge is 0.223 e. The van der Waals surface area contributed by atoms with Gasteiger partial charge in [0.05, 0.1) is 12.6 Å². The van der Waals surface area contributed by atoms with E-state index in [1.165, 1.54) is 11.3 Å². The van der Waals surface area contributed by atoms with Crippen molar-refractivity contribution in [3.8, 4) is 0 Å². The van der Waals surface area contributed by atoms with Crippen LogP contribution in [0, 0.1) is 0 Å². The summed E-state index contributed by atoms with van der Waals surface area (Å²) in [6, 6.07) is 6.39. The molecule has 0 saturated carbocycles. The summed E-state index contributed by atoms with van der Waals surface area (Å²) < 4.78 is 1.94. The molecule has 2 aromatic rings. The lowest BCUT2D eigenvalue weighted by molar-refractivity contribution is -0.135. The molecule has 3 rings (SSSR count). The summed E-state index contributed by atoms with van der Waals surface area (Å²) >= 11 is 1.73. The van der Waals surface area contributed by atoms with E-state index >= 15 is 0 Å². The highest BCUT2D eigenvalue weighted by Gasteiger charge is 2.26. The lowest BCUT2D eigenvalue weighted by Crippen LogP contribution is -2.46. The van der Waals surface area contributed by atoms with Crippen LogP contribution in [-0.2, 0) is 17.8 Å². The van der Waals surface area contributed by atoms with Crippen molar-refractivity contribution >= 4 is 17.2 Å². The van der Waals surface area contributed by atoms with E-state index in [1.54, 1.807) is 17.5 Å². The molecule has 1 aliphatic heterocycles. The van der Waals surface area contributed by atoms with Crippen LogP contribution in [0.3, 0.4) is 0 Å². The van der Waals surface area contributed by atoms with Crippen molar-refractivity contribution in [2.24, 2.45) is 0 Å². The molecular weight excluding hydrogens is 282 g/mol. The first-order valence-electron chi connectivity index (χ1n) is 7.62. The summed E-state index contributed by atoms with van der Waals surface area (Å²) in [5.74, 6) is 0.292. The minimum absolute atomic E-state index is 0.292. The van der Waals surface area contributed by atoms with Gasteiger partial charge in [0.2, 0.25) is 5.91 Å². The van der Waals surface area contributed by atoms with Crippen LogP contribution in [0.2, 0.25) is 0 Å². The summed E-state index contributed by atoms with van der Waals surface area (Å²) in [5, 5.41) is 6.34. The first kappa shape index (κ1) is 14.3. The van der Waals surface area contributed by atoms with Gasteiger partial charge in [-0.15, -0.1) is 11.3 Å². The van der Waals surface area contributed by atoms with E-state index in [2.05, 4.69) is 21.4 Å². The van der Waals surface area contributed by atoms with Crippen molar-refractivity contribution in [2.45, 2.75) is 44.7 Å². The molecule has 21 heavy (non-hydrogen) atoms. The predicted octanol–water partition coefficient (Wildman–Crippen LogP) is 2.96. The highest BCUT2D eigenvalue weighted by Crippen LogP contribution is 2.20. The molecule has 112 valence electrons. The first-order chi connectivity index (χ1) is 10.3. The fourth-order valence-corrected chi connectivity index (χ4v) is 3.68. The molecule has 3 heterocycles. The van der Waals surface area contributed by atoms with Crippen LogP contribution in [0.15, 0.2) is 36.0 Å². The van der Waals surface area contributed by atoms with E-state index in [0.717, 1.165) is 32.4 Å². The second-order valence-electron chi connectivity index (χ2n) is 5.54. The topological polar surface area (TPSA) is 38.1 Å². The fourth-order valence-electron chi connectivity index (χ4n) is 2.97. The van der Waals surface area contributed by atoms with Gasteiger partial charge in [-0.05, 0) is 43.2 Å². The first-order valence-corrected chi connectivity index (χ1v) is 8.50. The van der Waals surface area contributed by atoms with Gasteiger partial charge in [0, 0.05) is 30.2 Å². The van der Waals surface area contributed by atoms with E-state index in [9.17, 15) is 4.79 Å². The van der Waals surface area contributed by atoms with Crippen LogP contribution in [0.4, 0.5) is 0 Å². The van der Waals surface area contributed by atoms with Crippen molar-refractivity contribution in [2.75, 3.05) is 6.54 Å². The zero-order valence-corrected chi connectivity index (χ0v) is 13.0. The molecule has 1 saturated heterocycles. The molecule has 0 bridgehead atoms. The third-order valence-electron chi connectivity index (χ3n) is 4.07. The van der Waals surface area contributed by atoms with Crippen LogP contribution in [0.25, 0.3) is 0 Å². The quantitative estimate of drug-likeness (QED) is 0.851. The van der Waals surface area contributed by atoms with E-state index < -0.39 is 0 Å². The maximum Gasteiger partial charge on any atom is 0.223 e. The van der Waals surface area contributed by atoms with Gasteiger partial charge < -0.3 is 4.90 Å². The Hall–Kier alpha value is -1.62. The molecule has 0 unspecified atom stereocenters. The molecule has 1 amide bonds. The molecule has 1 aliphatic rings. The van der Waals surface area contributed by atoms with Gasteiger partial charge in [-0.25, -0.2) is 0 Å².